The zero-order chi connectivity index (χ0) is 19.4. The first-order valence-electron chi connectivity index (χ1n) is 10.3. The second kappa shape index (κ2) is 8.46. The molecule has 2 saturated heterocycles. The van der Waals surface area contributed by atoms with Gasteiger partial charge < -0.3 is 9.64 Å². The van der Waals surface area contributed by atoms with Crippen LogP contribution in [0.4, 0.5) is 0 Å². The first kappa shape index (κ1) is 19.2. The standard InChI is InChI=1S/C24H30N2O2/c1-25(16-21-11-6-3-7-12-21)22-15-24(28-17-22)18-26(19-24)23(27)14-8-13-20-9-4-2-5-10-20/h2-7,9-12,22H,8,13-19H2,1H3. The molecule has 1 amide bonds. The monoisotopic (exact) mass is 378 g/mol. The van der Waals surface area contributed by atoms with Crippen molar-refractivity contribution in [2.45, 2.75) is 43.9 Å². The fraction of sp³-hybridized carbons (Fsp3) is 0.458. The molecule has 0 N–H and O–H groups in total. The maximum atomic E-state index is 12.5. The Balaban J connectivity index is 1.19. The Morgan fingerprint density at radius 3 is 2.39 bits per heavy atom. The van der Waals surface area contributed by atoms with Crippen molar-refractivity contribution in [2.24, 2.45) is 0 Å². The molecule has 0 saturated carbocycles. The minimum absolute atomic E-state index is 0.106. The number of benzene rings is 2. The summed E-state index contributed by atoms with van der Waals surface area (Å²) in [6, 6.07) is 21.4. The van der Waals surface area contributed by atoms with E-state index < -0.39 is 0 Å². The lowest BCUT2D eigenvalue weighted by molar-refractivity contribution is -0.157. The highest BCUT2D eigenvalue weighted by molar-refractivity contribution is 5.77. The molecule has 4 heteroatoms. The molecule has 4 nitrogen and oxygen atoms in total. The molecule has 1 atom stereocenters. The number of carbonyl (C=O) groups is 1. The van der Waals surface area contributed by atoms with Crippen LogP contribution in [0.15, 0.2) is 60.7 Å². The van der Waals surface area contributed by atoms with Crippen LogP contribution in [0.2, 0.25) is 0 Å². The van der Waals surface area contributed by atoms with Gasteiger partial charge in [-0.15, -0.1) is 0 Å². The van der Waals surface area contributed by atoms with Crippen LogP contribution in [0.3, 0.4) is 0 Å². The van der Waals surface area contributed by atoms with Gasteiger partial charge in [0.25, 0.3) is 0 Å². The maximum absolute atomic E-state index is 12.5. The molecule has 2 fully saturated rings. The van der Waals surface area contributed by atoms with E-state index in [1.807, 2.05) is 11.0 Å². The quantitative estimate of drug-likeness (QED) is 0.739. The van der Waals surface area contributed by atoms with E-state index in [-0.39, 0.29) is 11.5 Å². The molecule has 0 aliphatic carbocycles. The minimum atomic E-state index is -0.106. The van der Waals surface area contributed by atoms with E-state index in [1.165, 1.54) is 11.1 Å². The van der Waals surface area contributed by atoms with E-state index in [0.29, 0.717) is 12.5 Å². The van der Waals surface area contributed by atoms with E-state index in [9.17, 15) is 4.79 Å². The summed E-state index contributed by atoms with van der Waals surface area (Å²) >= 11 is 0. The number of carbonyl (C=O) groups excluding carboxylic acids is 1. The SMILES string of the molecule is CN(Cc1ccccc1)C1COC2(C1)CN(C(=O)CCCc1ccccc1)C2. The first-order valence-corrected chi connectivity index (χ1v) is 10.3. The lowest BCUT2D eigenvalue weighted by atomic mass is 9.88. The molecular weight excluding hydrogens is 348 g/mol. The Labute approximate surface area is 168 Å². The molecule has 28 heavy (non-hydrogen) atoms. The summed E-state index contributed by atoms with van der Waals surface area (Å²) < 4.78 is 6.17. The third kappa shape index (κ3) is 4.45. The lowest BCUT2D eigenvalue weighted by Gasteiger charge is -2.47. The van der Waals surface area contributed by atoms with Crippen molar-refractivity contribution in [3.63, 3.8) is 0 Å². The van der Waals surface area contributed by atoms with Gasteiger partial charge in [-0.1, -0.05) is 60.7 Å². The zero-order valence-corrected chi connectivity index (χ0v) is 16.7. The van der Waals surface area contributed by atoms with Gasteiger partial charge in [-0.2, -0.15) is 0 Å². The van der Waals surface area contributed by atoms with Crippen molar-refractivity contribution in [1.82, 2.24) is 9.80 Å². The first-order chi connectivity index (χ1) is 13.6. The average molecular weight is 379 g/mol. The summed E-state index contributed by atoms with van der Waals surface area (Å²) in [5.74, 6) is 0.270. The van der Waals surface area contributed by atoms with Crippen molar-refractivity contribution in [3.8, 4) is 0 Å². The van der Waals surface area contributed by atoms with Gasteiger partial charge >= 0.3 is 0 Å². The van der Waals surface area contributed by atoms with Gasteiger partial charge in [0.15, 0.2) is 0 Å². The predicted octanol–water partition coefficient (Wildman–Crippen LogP) is 3.51. The van der Waals surface area contributed by atoms with E-state index >= 15 is 0 Å². The van der Waals surface area contributed by atoms with Crippen LogP contribution in [0.5, 0.6) is 0 Å². The molecule has 2 aliphatic heterocycles. The van der Waals surface area contributed by atoms with Gasteiger partial charge in [0.2, 0.25) is 5.91 Å². The molecule has 0 aromatic heterocycles. The molecule has 2 aromatic rings. The number of hydrogen-bond donors (Lipinski definition) is 0. The topological polar surface area (TPSA) is 32.8 Å². The summed E-state index contributed by atoms with van der Waals surface area (Å²) in [5, 5.41) is 0. The highest BCUT2D eigenvalue weighted by Gasteiger charge is 2.51. The Morgan fingerprint density at radius 2 is 1.71 bits per heavy atom. The third-order valence-corrected chi connectivity index (χ3v) is 6.10. The van der Waals surface area contributed by atoms with Gasteiger partial charge in [0.1, 0.15) is 5.60 Å². The number of amides is 1. The van der Waals surface area contributed by atoms with E-state index in [1.54, 1.807) is 0 Å². The normalized spacial score (nSPS) is 20.5. The largest absolute Gasteiger partial charge is 0.370 e. The van der Waals surface area contributed by atoms with Crippen LogP contribution in [-0.2, 0) is 22.5 Å². The lowest BCUT2D eigenvalue weighted by Crippen LogP contribution is -2.63. The van der Waals surface area contributed by atoms with E-state index in [0.717, 1.165) is 45.5 Å². The second-order valence-corrected chi connectivity index (χ2v) is 8.34. The molecule has 1 spiro atoms. The van der Waals surface area contributed by atoms with Crippen LogP contribution in [0, 0.1) is 0 Å². The Hall–Kier alpha value is -2.17. The van der Waals surface area contributed by atoms with Gasteiger partial charge in [-0.05, 0) is 37.4 Å². The molecule has 0 radical (unpaired) electrons. The number of nitrogens with zero attached hydrogens (tertiary/aromatic N) is 2. The van der Waals surface area contributed by atoms with E-state index in [2.05, 4.69) is 66.5 Å². The molecule has 4 rings (SSSR count). The number of ether oxygens (including phenoxy) is 1. The van der Waals surface area contributed by atoms with Crippen molar-refractivity contribution in [1.29, 1.82) is 0 Å². The Bertz CT molecular complexity index is 772. The number of likely N-dealkylation sites (N-methyl/N-ethyl adjacent to an activating group) is 1. The van der Waals surface area contributed by atoms with Crippen LogP contribution >= 0.6 is 0 Å². The van der Waals surface area contributed by atoms with E-state index in [4.69, 9.17) is 4.74 Å². The summed E-state index contributed by atoms with van der Waals surface area (Å²) in [4.78, 5) is 16.8. The van der Waals surface area contributed by atoms with Crippen molar-refractivity contribution in [3.05, 3.63) is 71.8 Å². The van der Waals surface area contributed by atoms with Crippen molar-refractivity contribution < 1.29 is 9.53 Å². The maximum Gasteiger partial charge on any atom is 0.222 e. The average Bonchev–Trinajstić information content (AvgIpc) is 3.14. The number of rotatable bonds is 7. The Morgan fingerprint density at radius 1 is 1.07 bits per heavy atom. The predicted molar refractivity (Wildman–Crippen MR) is 111 cm³/mol. The second-order valence-electron chi connectivity index (χ2n) is 8.34. The highest BCUT2D eigenvalue weighted by Crippen LogP contribution is 2.37. The molecular formula is C24H30N2O2. The number of hydrogen-bond acceptors (Lipinski definition) is 3. The zero-order valence-electron chi connectivity index (χ0n) is 16.7. The van der Waals surface area contributed by atoms with Crippen LogP contribution in [0.1, 0.15) is 30.4 Å². The summed E-state index contributed by atoms with van der Waals surface area (Å²) in [6.45, 7) is 3.21. The van der Waals surface area contributed by atoms with Crippen LogP contribution in [0.25, 0.3) is 0 Å². The summed E-state index contributed by atoms with van der Waals surface area (Å²) in [6.07, 6.45) is 3.52. The molecule has 2 aromatic carbocycles. The molecule has 148 valence electrons. The van der Waals surface area contributed by atoms with Crippen LogP contribution in [-0.4, -0.2) is 54.1 Å². The molecule has 1 unspecified atom stereocenters. The molecule has 2 heterocycles. The summed E-state index contributed by atoms with van der Waals surface area (Å²) in [7, 11) is 2.17. The van der Waals surface area contributed by atoms with Gasteiger partial charge in [-0.3, -0.25) is 9.69 Å². The highest BCUT2D eigenvalue weighted by atomic mass is 16.5. The molecule has 2 aliphatic rings. The van der Waals surface area contributed by atoms with Gasteiger partial charge in [0.05, 0.1) is 19.7 Å². The number of likely N-dealkylation sites (tertiary alicyclic amines) is 1. The van der Waals surface area contributed by atoms with Crippen LogP contribution < -0.4 is 0 Å². The number of aryl methyl sites for hydroxylation is 1. The fourth-order valence-corrected chi connectivity index (χ4v) is 4.40. The third-order valence-electron chi connectivity index (χ3n) is 6.10. The minimum Gasteiger partial charge on any atom is -0.370 e. The van der Waals surface area contributed by atoms with Crippen molar-refractivity contribution >= 4 is 5.91 Å². The smallest absolute Gasteiger partial charge is 0.222 e. The Kier molecular flexibility index (Phi) is 5.79. The fourth-order valence-electron chi connectivity index (χ4n) is 4.40. The van der Waals surface area contributed by atoms with Crippen molar-refractivity contribution in [2.75, 3.05) is 26.7 Å². The summed E-state index contributed by atoms with van der Waals surface area (Å²) in [5.41, 5.74) is 2.53. The van der Waals surface area contributed by atoms with Gasteiger partial charge in [-0.25, -0.2) is 0 Å². The molecule has 0 bridgehead atoms. The van der Waals surface area contributed by atoms with Gasteiger partial charge in [0, 0.05) is 19.0 Å².